The molecule has 0 spiro atoms. The fourth-order valence-corrected chi connectivity index (χ4v) is 5.96. The van der Waals surface area contributed by atoms with Crippen LogP contribution < -0.4 is 0 Å². The summed E-state index contributed by atoms with van der Waals surface area (Å²) in [7, 11) is -3.86. The quantitative estimate of drug-likeness (QED) is 0.361. The van der Waals surface area contributed by atoms with Gasteiger partial charge in [-0.25, -0.2) is 8.42 Å². The Balaban J connectivity index is 1.50. The van der Waals surface area contributed by atoms with Crippen LogP contribution in [0.2, 0.25) is 0 Å². The van der Waals surface area contributed by atoms with Crippen LogP contribution in [-0.4, -0.2) is 48.2 Å². The van der Waals surface area contributed by atoms with Gasteiger partial charge >= 0.3 is 5.97 Å². The van der Waals surface area contributed by atoms with E-state index in [1.54, 1.807) is 24.4 Å². The number of nitriles is 1. The molecule has 1 aliphatic rings. The third-order valence-corrected chi connectivity index (χ3v) is 7.90. The number of benzene rings is 2. The van der Waals surface area contributed by atoms with Gasteiger partial charge in [0.15, 0.2) is 6.61 Å². The summed E-state index contributed by atoms with van der Waals surface area (Å²) in [5.74, 6) is -1.10. The molecule has 1 fully saturated rings. The molecule has 0 amide bonds. The van der Waals surface area contributed by atoms with Crippen molar-refractivity contribution in [3.63, 3.8) is 0 Å². The van der Waals surface area contributed by atoms with E-state index in [9.17, 15) is 18.0 Å². The Kier molecular flexibility index (Phi) is 7.10. The summed E-state index contributed by atoms with van der Waals surface area (Å²) in [6.07, 6.45) is 3.66. The van der Waals surface area contributed by atoms with Gasteiger partial charge in [0.1, 0.15) is 6.04 Å². The van der Waals surface area contributed by atoms with E-state index in [1.807, 2.05) is 28.8 Å². The average Bonchev–Trinajstić information content (AvgIpc) is 3.25. The van der Waals surface area contributed by atoms with Crippen molar-refractivity contribution in [1.82, 2.24) is 8.87 Å². The predicted octanol–water partition coefficient (Wildman–Crippen LogP) is 3.52. The zero-order valence-electron chi connectivity index (χ0n) is 18.6. The zero-order valence-corrected chi connectivity index (χ0v) is 19.4. The molecule has 1 aliphatic heterocycles. The Morgan fingerprint density at radius 2 is 1.79 bits per heavy atom. The maximum absolute atomic E-state index is 13.1. The minimum Gasteiger partial charge on any atom is -0.456 e. The van der Waals surface area contributed by atoms with Crippen LogP contribution in [0.15, 0.2) is 65.7 Å². The van der Waals surface area contributed by atoms with Crippen molar-refractivity contribution < 1.29 is 22.7 Å². The van der Waals surface area contributed by atoms with Gasteiger partial charge in [-0.3, -0.25) is 9.59 Å². The fraction of sp³-hybridized carbons (Fsp3) is 0.320. The van der Waals surface area contributed by atoms with Crippen molar-refractivity contribution in [2.45, 2.75) is 43.2 Å². The number of carbonyl (C=O) groups excluding carboxylic acids is 2. The lowest BCUT2D eigenvalue weighted by Gasteiger charge is -2.32. The van der Waals surface area contributed by atoms with E-state index in [0.29, 0.717) is 43.2 Å². The number of esters is 1. The van der Waals surface area contributed by atoms with Crippen LogP contribution in [0.1, 0.15) is 36.0 Å². The van der Waals surface area contributed by atoms with Crippen LogP contribution in [0.4, 0.5) is 0 Å². The maximum Gasteiger partial charge on any atom is 0.324 e. The molecule has 34 heavy (non-hydrogen) atoms. The standard InChI is InChI=1S/C25H25N3O5S/c26-14-8-15-27-17-21(20-11-4-5-12-22(20)27)24(29)18-33-25(30)23-13-6-7-16-28(23)34(31,32)19-9-2-1-3-10-19/h1-5,9-12,17,23H,6-8,13,15-16,18H2. The van der Waals surface area contributed by atoms with Crippen LogP contribution >= 0.6 is 0 Å². The molecule has 2 aromatic carbocycles. The van der Waals surface area contributed by atoms with E-state index in [-0.39, 0.29) is 17.2 Å². The Hall–Kier alpha value is -3.48. The highest BCUT2D eigenvalue weighted by Crippen LogP contribution is 2.27. The summed E-state index contributed by atoms with van der Waals surface area (Å²) >= 11 is 0. The number of carbonyl (C=O) groups is 2. The number of hydrogen-bond acceptors (Lipinski definition) is 6. The zero-order chi connectivity index (χ0) is 24.1. The molecule has 1 aromatic heterocycles. The smallest absolute Gasteiger partial charge is 0.324 e. The van der Waals surface area contributed by atoms with E-state index in [1.165, 1.54) is 16.4 Å². The summed E-state index contributed by atoms with van der Waals surface area (Å²) in [6.45, 7) is 0.177. The van der Waals surface area contributed by atoms with Gasteiger partial charge in [-0.2, -0.15) is 9.57 Å². The number of fused-ring (bicyclic) bond motifs is 1. The molecular formula is C25H25N3O5S. The summed E-state index contributed by atoms with van der Waals surface area (Å²) in [5, 5.41) is 9.62. The van der Waals surface area contributed by atoms with Crippen LogP contribution in [0.25, 0.3) is 10.9 Å². The van der Waals surface area contributed by atoms with Crippen LogP contribution in [-0.2, 0) is 26.1 Å². The topological polar surface area (TPSA) is 109 Å². The minimum atomic E-state index is -3.86. The number of aryl methyl sites for hydroxylation is 1. The number of Topliss-reactive ketones (excluding diaryl/α,β-unsaturated/α-hetero) is 1. The van der Waals surface area contributed by atoms with Gasteiger partial charge in [-0.15, -0.1) is 0 Å². The molecule has 9 heteroatoms. The van der Waals surface area contributed by atoms with Crippen molar-refractivity contribution in [3.8, 4) is 6.07 Å². The molecular weight excluding hydrogens is 454 g/mol. The lowest BCUT2D eigenvalue weighted by molar-refractivity contribution is -0.148. The molecule has 1 atom stereocenters. The van der Waals surface area contributed by atoms with Gasteiger partial charge in [-0.05, 0) is 37.5 Å². The highest BCUT2D eigenvalue weighted by molar-refractivity contribution is 7.89. The number of rotatable bonds is 8. The monoisotopic (exact) mass is 479 g/mol. The number of nitrogens with zero attached hydrogens (tertiary/aromatic N) is 3. The molecule has 0 bridgehead atoms. The molecule has 3 aromatic rings. The molecule has 8 nitrogen and oxygen atoms in total. The molecule has 2 heterocycles. The third kappa shape index (κ3) is 4.74. The highest BCUT2D eigenvalue weighted by Gasteiger charge is 2.38. The van der Waals surface area contributed by atoms with Crippen LogP contribution in [0.5, 0.6) is 0 Å². The van der Waals surface area contributed by atoms with Crippen LogP contribution in [0.3, 0.4) is 0 Å². The van der Waals surface area contributed by atoms with Crippen molar-refractivity contribution in [2.75, 3.05) is 13.2 Å². The largest absolute Gasteiger partial charge is 0.456 e. The average molecular weight is 480 g/mol. The first-order valence-electron chi connectivity index (χ1n) is 11.1. The molecule has 0 radical (unpaired) electrons. The molecule has 0 N–H and O–H groups in total. The Labute approximate surface area is 198 Å². The van der Waals surface area contributed by atoms with Crippen LogP contribution in [0, 0.1) is 11.3 Å². The van der Waals surface area contributed by atoms with Gasteiger partial charge in [0, 0.05) is 35.8 Å². The number of ketones is 1. The normalized spacial score (nSPS) is 16.7. The first-order valence-corrected chi connectivity index (χ1v) is 12.6. The molecule has 0 saturated carbocycles. The first kappa shape index (κ1) is 23.7. The third-order valence-electron chi connectivity index (χ3n) is 5.97. The van der Waals surface area contributed by atoms with E-state index >= 15 is 0 Å². The Morgan fingerprint density at radius 3 is 2.56 bits per heavy atom. The number of para-hydroxylation sites is 1. The van der Waals surface area contributed by atoms with E-state index in [4.69, 9.17) is 10.00 Å². The molecule has 0 aliphatic carbocycles. The summed E-state index contributed by atoms with van der Waals surface area (Å²) < 4.78 is 34.6. The Bertz CT molecular complexity index is 1340. The lowest BCUT2D eigenvalue weighted by Crippen LogP contribution is -2.48. The van der Waals surface area contributed by atoms with Crippen molar-refractivity contribution in [2.24, 2.45) is 0 Å². The van der Waals surface area contributed by atoms with E-state index in [0.717, 1.165) is 5.52 Å². The minimum absolute atomic E-state index is 0.121. The highest BCUT2D eigenvalue weighted by atomic mass is 32.2. The number of hydrogen-bond donors (Lipinski definition) is 0. The Morgan fingerprint density at radius 1 is 1.06 bits per heavy atom. The second-order valence-corrected chi connectivity index (χ2v) is 10.0. The van der Waals surface area contributed by atoms with E-state index in [2.05, 4.69) is 6.07 Å². The van der Waals surface area contributed by atoms with Gasteiger partial charge in [0.2, 0.25) is 15.8 Å². The maximum atomic E-state index is 13.1. The number of sulfonamides is 1. The van der Waals surface area contributed by atoms with E-state index < -0.39 is 28.6 Å². The van der Waals surface area contributed by atoms with Crippen molar-refractivity contribution in [3.05, 3.63) is 66.4 Å². The SMILES string of the molecule is N#CCCn1cc(C(=O)COC(=O)C2CCCCN2S(=O)(=O)c2ccccc2)c2ccccc21. The second kappa shape index (κ2) is 10.2. The van der Waals surface area contributed by atoms with Gasteiger partial charge in [0.05, 0.1) is 17.4 Å². The number of aromatic nitrogens is 1. The van der Waals surface area contributed by atoms with Gasteiger partial charge in [0.25, 0.3) is 0 Å². The summed E-state index contributed by atoms with van der Waals surface area (Å²) in [5.41, 5.74) is 1.22. The predicted molar refractivity (Wildman–Crippen MR) is 125 cm³/mol. The van der Waals surface area contributed by atoms with Gasteiger partial charge < -0.3 is 9.30 Å². The number of ether oxygens (including phenoxy) is 1. The second-order valence-electron chi connectivity index (χ2n) is 8.13. The van der Waals surface area contributed by atoms with Crippen molar-refractivity contribution in [1.29, 1.82) is 5.26 Å². The summed E-state index contributed by atoms with van der Waals surface area (Å²) in [6, 6.07) is 16.5. The number of piperidine rings is 1. The summed E-state index contributed by atoms with van der Waals surface area (Å²) in [4.78, 5) is 26.0. The lowest BCUT2D eigenvalue weighted by atomic mass is 10.1. The van der Waals surface area contributed by atoms with Gasteiger partial charge in [-0.1, -0.05) is 36.4 Å². The molecule has 1 unspecified atom stereocenters. The first-order chi connectivity index (χ1) is 16.4. The molecule has 4 rings (SSSR count). The fourth-order valence-electron chi connectivity index (χ4n) is 4.29. The molecule has 176 valence electrons. The molecule has 1 saturated heterocycles. The van der Waals surface area contributed by atoms with Crippen molar-refractivity contribution >= 4 is 32.7 Å².